The van der Waals surface area contributed by atoms with Crippen LogP contribution in [0.5, 0.6) is 0 Å². The van der Waals surface area contributed by atoms with Crippen molar-refractivity contribution in [2.24, 2.45) is 10.9 Å². The summed E-state index contributed by atoms with van der Waals surface area (Å²) in [5.74, 6) is 1.69. The third-order valence-electron chi connectivity index (χ3n) is 4.15. The van der Waals surface area contributed by atoms with Gasteiger partial charge in [-0.25, -0.2) is 9.67 Å². The molecule has 2 saturated heterocycles. The molecule has 0 aliphatic carbocycles. The maximum absolute atomic E-state index is 5.18. The number of nitrogens with one attached hydrogen (secondary N) is 1. The van der Waals surface area contributed by atoms with E-state index in [-0.39, 0.29) is 24.0 Å². The van der Waals surface area contributed by atoms with Crippen molar-refractivity contribution in [1.29, 1.82) is 0 Å². The molecule has 1 aromatic rings. The maximum Gasteiger partial charge on any atom is 0.194 e. The van der Waals surface area contributed by atoms with Crippen molar-refractivity contribution in [2.45, 2.75) is 45.8 Å². The van der Waals surface area contributed by atoms with Crippen LogP contribution in [-0.4, -0.2) is 58.2 Å². The molecule has 0 saturated carbocycles. The molecule has 130 valence electrons. The number of hydrogen-bond acceptors (Lipinski definition) is 4. The van der Waals surface area contributed by atoms with E-state index in [1.807, 2.05) is 10.9 Å². The van der Waals surface area contributed by atoms with Gasteiger partial charge < -0.3 is 15.0 Å². The fraction of sp³-hybridized carbons (Fsp3) is 0.800. The van der Waals surface area contributed by atoms with Crippen molar-refractivity contribution >= 4 is 29.9 Å². The summed E-state index contributed by atoms with van der Waals surface area (Å²) in [5.41, 5.74) is 0.907. The Bertz CT molecular complexity index is 528. The predicted molar refractivity (Wildman–Crippen MR) is 100 cm³/mol. The summed E-state index contributed by atoms with van der Waals surface area (Å²) < 4.78 is 7.07. The van der Waals surface area contributed by atoms with Crippen LogP contribution >= 0.6 is 24.0 Å². The Hall–Kier alpha value is -0.900. The van der Waals surface area contributed by atoms with Crippen LogP contribution in [0.15, 0.2) is 11.2 Å². The van der Waals surface area contributed by atoms with Gasteiger partial charge in [-0.05, 0) is 19.3 Å². The number of likely N-dealkylation sites (N-methyl/N-ethyl adjacent to an activating group) is 1. The Morgan fingerprint density at radius 3 is 2.83 bits per heavy atom. The highest BCUT2D eigenvalue weighted by atomic mass is 127. The summed E-state index contributed by atoms with van der Waals surface area (Å²) in [6, 6.07) is 0.850. The first-order chi connectivity index (χ1) is 10.7. The average Bonchev–Trinajstić information content (AvgIpc) is 3.00. The van der Waals surface area contributed by atoms with Gasteiger partial charge in [-0.2, -0.15) is 0 Å². The monoisotopic (exact) mass is 434 g/mol. The Morgan fingerprint density at radius 2 is 2.22 bits per heavy atom. The summed E-state index contributed by atoms with van der Waals surface area (Å²) in [6.07, 6.45) is 3.15. The van der Waals surface area contributed by atoms with Crippen LogP contribution in [0.2, 0.25) is 0 Å². The zero-order valence-electron chi connectivity index (χ0n) is 14.1. The average molecular weight is 434 g/mol. The number of halogens is 1. The molecule has 0 spiro atoms. The van der Waals surface area contributed by atoms with Gasteiger partial charge in [-0.1, -0.05) is 19.1 Å². The van der Waals surface area contributed by atoms with Gasteiger partial charge in [-0.3, -0.25) is 0 Å². The maximum atomic E-state index is 5.18. The highest BCUT2D eigenvalue weighted by Crippen LogP contribution is 2.16. The van der Waals surface area contributed by atoms with Crippen LogP contribution < -0.4 is 5.32 Å². The molecule has 1 N–H and O–H groups in total. The zero-order chi connectivity index (χ0) is 15.5. The quantitative estimate of drug-likeness (QED) is 0.690. The Kier molecular flexibility index (Phi) is 6.63. The molecule has 1 aromatic heterocycles. The van der Waals surface area contributed by atoms with E-state index in [1.54, 1.807) is 0 Å². The molecule has 7 nitrogen and oxygen atoms in total. The number of aromatic nitrogens is 3. The van der Waals surface area contributed by atoms with Gasteiger partial charge >= 0.3 is 0 Å². The van der Waals surface area contributed by atoms with Crippen LogP contribution in [0.4, 0.5) is 0 Å². The number of hydrogen-bond donors (Lipinski definition) is 1. The van der Waals surface area contributed by atoms with E-state index in [0.717, 1.165) is 38.0 Å². The Morgan fingerprint density at radius 1 is 1.43 bits per heavy atom. The van der Waals surface area contributed by atoms with Crippen LogP contribution in [0.3, 0.4) is 0 Å². The molecule has 0 amide bonds. The third kappa shape index (κ3) is 4.56. The molecule has 3 rings (SSSR count). The minimum Gasteiger partial charge on any atom is -0.377 e. The predicted octanol–water partition coefficient (Wildman–Crippen LogP) is 1.66. The molecule has 2 aliphatic heterocycles. The molecule has 8 heteroatoms. The first-order valence-corrected chi connectivity index (χ1v) is 8.20. The molecular formula is C15H27IN6O. The Balaban J connectivity index is 0.00000192. The van der Waals surface area contributed by atoms with Gasteiger partial charge in [0.1, 0.15) is 11.7 Å². The molecule has 0 bridgehead atoms. The van der Waals surface area contributed by atoms with Gasteiger partial charge in [0, 0.05) is 19.1 Å². The number of rotatable bonds is 6. The number of nitrogens with zero attached hydrogens (tertiary/aromatic N) is 5. The van der Waals surface area contributed by atoms with E-state index in [4.69, 9.17) is 9.73 Å². The van der Waals surface area contributed by atoms with Crippen molar-refractivity contribution in [3.05, 3.63) is 11.9 Å². The molecule has 3 heterocycles. The van der Waals surface area contributed by atoms with E-state index in [9.17, 15) is 0 Å². The number of guanidine groups is 1. The smallest absolute Gasteiger partial charge is 0.194 e. The van der Waals surface area contributed by atoms with Crippen LogP contribution in [-0.2, 0) is 11.3 Å². The van der Waals surface area contributed by atoms with Gasteiger partial charge in [0.05, 0.1) is 26.0 Å². The highest BCUT2D eigenvalue weighted by molar-refractivity contribution is 14.0. The van der Waals surface area contributed by atoms with Gasteiger partial charge in [-0.15, -0.1) is 29.1 Å². The van der Waals surface area contributed by atoms with Gasteiger partial charge in [0.15, 0.2) is 5.96 Å². The SMILES string of the molecule is CCN1CC(CC(C)C)NC1=NCc1cn(C2COC2)nn1.I. The minimum atomic E-state index is 0. The van der Waals surface area contributed by atoms with E-state index < -0.39 is 0 Å². The van der Waals surface area contributed by atoms with Crippen LogP contribution in [0.25, 0.3) is 0 Å². The summed E-state index contributed by atoms with van der Waals surface area (Å²) in [6.45, 7) is 10.7. The standard InChI is InChI=1S/C15H26N6O.HI/c1-4-20-7-12(5-11(2)3)17-15(20)16-6-13-8-21(19-18-13)14-9-22-10-14;/h8,11-12,14H,4-7,9-10H2,1-3H3,(H,16,17);1H. The summed E-state index contributed by atoms with van der Waals surface area (Å²) in [5, 5.41) is 11.9. The van der Waals surface area contributed by atoms with E-state index in [2.05, 4.69) is 41.3 Å². The lowest BCUT2D eigenvalue weighted by Gasteiger charge is -2.25. The van der Waals surface area contributed by atoms with Crippen LogP contribution in [0.1, 0.15) is 38.9 Å². The Labute approximate surface area is 154 Å². The van der Waals surface area contributed by atoms with E-state index in [1.165, 1.54) is 6.42 Å². The largest absolute Gasteiger partial charge is 0.377 e. The minimum absolute atomic E-state index is 0. The van der Waals surface area contributed by atoms with Crippen molar-refractivity contribution < 1.29 is 4.74 Å². The highest BCUT2D eigenvalue weighted by Gasteiger charge is 2.26. The van der Waals surface area contributed by atoms with Crippen molar-refractivity contribution in [2.75, 3.05) is 26.3 Å². The number of ether oxygens (including phenoxy) is 1. The van der Waals surface area contributed by atoms with Gasteiger partial charge in [0.2, 0.25) is 0 Å². The van der Waals surface area contributed by atoms with E-state index in [0.29, 0.717) is 24.5 Å². The van der Waals surface area contributed by atoms with Crippen molar-refractivity contribution in [3.8, 4) is 0 Å². The molecule has 2 fully saturated rings. The molecule has 1 unspecified atom stereocenters. The van der Waals surface area contributed by atoms with Crippen molar-refractivity contribution in [3.63, 3.8) is 0 Å². The fourth-order valence-corrected chi connectivity index (χ4v) is 2.90. The molecule has 1 atom stereocenters. The molecule has 0 aromatic carbocycles. The topological polar surface area (TPSA) is 67.6 Å². The zero-order valence-corrected chi connectivity index (χ0v) is 16.4. The summed E-state index contributed by atoms with van der Waals surface area (Å²) in [7, 11) is 0. The van der Waals surface area contributed by atoms with Crippen LogP contribution in [0, 0.1) is 5.92 Å². The summed E-state index contributed by atoms with van der Waals surface area (Å²) >= 11 is 0. The third-order valence-corrected chi connectivity index (χ3v) is 4.15. The molecular weight excluding hydrogens is 407 g/mol. The lowest BCUT2D eigenvalue weighted by molar-refractivity contribution is -0.0293. The second-order valence-corrected chi connectivity index (χ2v) is 6.53. The number of aliphatic imine (C=N–C) groups is 1. The van der Waals surface area contributed by atoms with E-state index >= 15 is 0 Å². The van der Waals surface area contributed by atoms with Crippen molar-refractivity contribution in [1.82, 2.24) is 25.2 Å². The second kappa shape index (κ2) is 8.27. The first kappa shape index (κ1) is 18.4. The first-order valence-electron chi connectivity index (χ1n) is 8.20. The second-order valence-electron chi connectivity index (χ2n) is 6.53. The molecule has 0 radical (unpaired) electrons. The van der Waals surface area contributed by atoms with Gasteiger partial charge in [0.25, 0.3) is 0 Å². The normalized spacial score (nSPS) is 23.0. The molecule has 2 aliphatic rings. The molecule has 23 heavy (non-hydrogen) atoms. The fourth-order valence-electron chi connectivity index (χ4n) is 2.90. The lowest BCUT2D eigenvalue weighted by Crippen LogP contribution is -2.31. The summed E-state index contributed by atoms with van der Waals surface area (Å²) in [4.78, 5) is 7.01. The lowest BCUT2D eigenvalue weighted by atomic mass is 10.0.